The summed E-state index contributed by atoms with van der Waals surface area (Å²) in [4.78, 5) is 14.7. The van der Waals surface area contributed by atoms with Gasteiger partial charge in [-0.25, -0.2) is 4.79 Å². The van der Waals surface area contributed by atoms with Gasteiger partial charge in [0.1, 0.15) is 24.6 Å². The molecule has 2 N–H and O–H groups in total. The molecule has 1 amide bonds. The molecule has 0 bridgehead atoms. The number of rotatable bonds is 9. The Morgan fingerprint density at radius 1 is 1.19 bits per heavy atom. The van der Waals surface area contributed by atoms with Crippen molar-refractivity contribution in [3.8, 4) is 5.75 Å². The van der Waals surface area contributed by atoms with Gasteiger partial charge in [0.2, 0.25) is 0 Å². The highest BCUT2D eigenvalue weighted by Crippen LogP contribution is 2.31. The lowest BCUT2D eigenvalue weighted by atomic mass is 10.0. The molecule has 2 atom stereocenters. The molecule has 1 unspecified atom stereocenters. The number of hydrogen-bond donors (Lipinski definition) is 2. The van der Waals surface area contributed by atoms with Gasteiger partial charge in [0.05, 0.1) is 24.3 Å². The number of nitrogens with one attached hydrogen (secondary N) is 1. The van der Waals surface area contributed by atoms with Crippen LogP contribution in [0.15, 0.2) is 48.5 Å². The Balaban J connectivity index is 1.41. The minimum Gasteiger partial charge on any atom is -0.484 e. The molecule has 2 aliphatic rings. The molecule has 4 rings (SSSR count). The van der Waals surface area contributed by atoms with Gasteiger partial charge >= 0.3 is 6.09 Å². The van der Waals surface area contributed by atoms with Crippen molar-refractivity contribution < 1.29 is 24.1 Å². The highest BCUT2D eigenvalue weighted by molar-refractivity contribution is 6.32. The largest absolute Gasteiger partial charge is 0.484 e. The molecule has 7 nitrogen and oxygen atoms in total. The third-order valence-corrected chi connectivity index (χ3v) is 6.04. The topological polar surface area (TPSA) is 80.3 Å². The molecule has 0 aliphatic carbocycles. The Labute approximate surface area is 193 Å². The van der Waals surface area contributed by atoms with Crippen LogP contribution in [0.1, 0.15) is 30.1 Å². The normalized spacial score (nSPS) is 18.6. The van der Waals surface area contributed by atoms with Gasteiger partial charge in [-0.05, 0) is 49.2 Å². The van der Waals surface area contributed by atoms with Crippen LogP contribution in [-0.2, 0) is 16.1 Å². The Kier molecular flexibility index (Phi) is 7.86. The summed E-state index contributed by atoms with van der Waals surface area (Å²) in [6.07, 6.45) is 0.729. The molecular weight excluding hydrogens is 432 g/mol. The lowest BCUT2D eigenvalue weighted by Gasteiger charge is -2.29. The van der Waals surface area contributed by atoms with Crippen molar-refractivity contribution in [3.63, 3.8) is 0 Å². The van der Waals surface area contributed by atoms with Crippen molar-refractivity contribution in [3.05, 3.63) is 64.7 Å². The van der Waals surface area contributed by atoms with E-state index in [4.69, 9.17) is 25.8 Å². The van der Waals surface area contributed by atoms with Crippen molar-refractivity contribution in [1.82, 2.24) is 10.2 Å². The smallest absolute Gasteiger partial charge is 0.407 e. The van der Waals surface area contributed by atoms with Crippen molar-refractivity contribution in [2.75, 3.05) is 32.8 Å². The van der Waals surface area contributed by atoms with Gasteiger partial charge in [0.25, 0.3) is 0 Å². The first-order chi connectivity index (χ1) is 15.6. The van der Waals surface area contributed by atoms with Gasteiger partial charge in [0, 0.05) is 6.54 Å². The van der Waals surface area contributed by atoms with Crippen LogP contribution in [0.2, 0.25) is 5.02 Å². The van der Waals surface area contributed by atoms with Crippen LogP contribution in [-0.4, -0.2) is 61.1 Å². The lowest BCUT2D eigenvalue weighted by Crippen LogP contribution is -2.46. The van der Waals surface area contributed by atoms with Gasteiger partial charge in [-0.2, -0.15) is 0 Å². The fraction of sp³-hybridized carbons (Fsp3) is 0.458. The molecule has 0 aromatic heterocycles. The summed E-state index contributed by atoms with van der Waals surface area (Å²) in [6, 6.07) is 14.2. The molecule has 2 fully saturated rings. The quantitative estimate of drug-likeness (QED) is 0.595. The third kappa shape index (κ3) is 6.13. The second-order valence-corrected chi connectivity index (χ2v) is 8.64. The summed E-state index contributed by atoms with van der Waals surface area (Å²) in [5, 5.41) is 14.4. The molecule has 2 aliphatic heterocycles. The van der Waals surface area contributed by atoms with Crippen LogP contribution < -0.4 is 10.1 Å². The number of nitrogens with zero attached hydrogens (tertiary/aromatic N) is 1. The average Bonchev–Trinajstić information content (AvgIpc) is 3.28. The summed E-state index contributed by atoms with van der Waals surface area (Å²) < 4.78 is 16.3. The van der Waals surface area contributed by atoms with Gasteiger partial charge in [-0.3, -0.25) is 0 Å². The second kappa shape index (κ2) is 11.0. The standard InChI is InChI=1S/C24H29ClN2O5/c25-20-12-18(8-9-22(20)32-19-15-30-16-19)23(28)21(13-27-10-4-5-11-27)26-24(29)31-14-17-6-2-1-3-7-17/h1-3,6-9,12,19,21,23,28H,4-5,10-11,13-16H2,(H,26,29)/t21-,23?/m1/s1. The van der Waals surface area contributed by atoms with Crippen LogP contribution in [0.3, 0.4) is 0 Å². The molecule has 172 valence electrons. The van der Waals surface area contributed by atoms with Crippen LogP contribution in [0.25, 0.3) is 0 Å². The van der Waals surface area contributed by atoms with E-state index in [1.165, 1.54) is 0 Å². The summed E-state index contributed by atoms with van der Waals surface area (Å²) in [7, 11) is 0. The number of carbonyl (C=O) groups is 1. The van der Waals surface area contributed by atoms with Crippen molar-refractivity contribution in [2.24, 2.45) is 0 Å². The Hall–Kier alpha value is -2.32. The Morgan fingerprint density at radius 2 is 1.94 bits per heavy atom. The molecule has 2 aromatic carbocycles. The first-order valence-corrected chi connectivity index (χ1v) is 11.4. The van der Waals surface area contributed by atoms with Gasteiger partial charge in [-0.1, -0.05) is 48.0 Å². The molecule has 2 saturated heterocycles. The van der Waals surface area contributed by atoms with Crippen LogP contribution in [0.4, 0.5) is 4.79 Å². The predicted molar refractivity (Wildman–Crippen MR) is 121 cm³/mol. The maximum atomic E-state index is 12.5. The number of aliphatic hydroxyl groups excluding tert-OH is 1. The third-order valence-electron chi connectivity index (χ3n) is 5.75. The van der Waals surface area contributed by atoms with E-state index in [0.29, 0.717) is 36.1 Å². The molecular formula is C24H29ClN2O5. The molecule has 32 heavy (non-hydrogen) atoms. The predicted octanol–water partition coefficient (Wildman–Crippen LogP) is 3.54. The van der Waals surface area contributed by atoms with Crippen LogP contribution in [0, 0.1) is 0 Å². The van der Waals surface area contributed by atoms with E-state index >= 15 is 0 Å². The number of amides is 1. The maximum absolute atomic E-state index is 12.5. The highest BCUT2D eigenvalue weighted by atomic mass is 35.5. The zero-order valence-corrected chi connectivity index (χ0v) is 18.7. The number of hydrogen-bond acceptors (Lipinski definition) is 6. The van der Waals surface area contributed by atoms with Crippen molar-refractivity contribution >= 4 is 17.7 Å². The van der Waals surface area contributed by atoms with E-state index in [9.17, 15) is 9.90 Å². The fourth-order valence-corrected chi connectivity index (χ4v) is 4.11. The molecule has 0 radical (unpaired) electrons. The van der Waals surface area contributed by atoms with E-state index in [0.717, 1.165) is 31.5 Å². The van der Waals surface area contributed by atoms with Crippen LogP contribution >= 0.6 is 11.6 Å². The first kappa shape index (κ1) is 22.9. The number of benzene rings is 2. The zero-order valence-electron chi connectivity index (χ0n) is 17.9. The fourth-order valence-electron chi connectivity index (χ4n) is 3.87. The van der Waals surface area contributed by atoms with E-state index in [2.05, 4.69) is 10.2 Å². The van der Waals surface area contributed by atoms with Crippen molar-refractivity contribution in [1.29, 1.82) is 0 Å². The Morgan fingerprint density at radius 3 is 2.59 bits per heavy atom. The number of likely N-dealkylation sites (tertiary alicyclic amines) is 1. The van der Waals surface area contributed by atoms with Crippen LogP contribution in [0.5, 0.6) is 5.75 Å². The molecule has 0 saturated carbocycles. The maximum Gasteiger partial charge on any atom is 0.407 e. The zero-order chi connectivity index (χ0) is 22.3. The number of alkyl carbamates (subject to hydrolysis) is 1. The minimum atomic E-state index is -0.946. The number of aliphatic hydroxyl groups is 1. The van der Waals surface area contributed by atoms with Gasteiger partial charge in [-0.15, -0.1) is 0 Å². The van der Waals surface area contributed by atoms with E-state index < -0.39 is 18.2 Å². The summed E-state index contributed by atoms with van der Waals surface area (Å²) in [6.45, 7) is 3.68. The minimum absolute atomic E-state index is 0.00670. The number of halogens is 1. The molecule has 2 aromatic rings. The summed E-state index contributed by atoms with van der Waals surface area (Å²) in [5.41, 5.74) is 1.51. The Bertz CT molecular complexity index is 887. The molecule has 0 spiro atoms. The second-order valence-electron chi connectivity index (χ2n) is 8.23. The first-order valence-electron chi connectivity index (χ1n) is 11.0. The summed E-state index contributed by atoms with van der Waals surface area (Å²) >= 11 is 6.40. The SMILES string of the molecule is O=C(N[C@H](CN1CCCC1)C(O)c1ccc(OC2COC2)c(Cl)c1)OCc1ccccc1. The highest BCUT2D eigenvalue weighted by Gasteiger charge is 2.28. The van der Waals surface area contributed by atoms with Gasteiger partial charge < -0.3 is 29.5 Å². The molecule has 8 heteroatoms. The van der Waals surface area contributed by atoms with E-state index in [1.807, 2.05) is 30.3 Å². The number of carbonyl (C=O) groups excluding carboxylic acids is 1. The van der Waals surface area contributed by atoms with E-state index in [-0.39, 0.29) is 12.7 Å². The lowest BCUT2D eigenvalue weighted by molar-refractivity contribution is -0.0796. The average molecular weight is 461 g/mol. The van der Waals surface area contributed by atoms with Gasteiger partial charge in [0.15, 0.2) is 0 Å². The van der Waals surface area contributed by atoms with Crippen molar-refractivity contribution in [2.45, 2.75) is 37.7 Å². The monoisotopic (exact) mass is 460 g/mol. The number of ether oxygens (including phenoxy) is 3. The molecule has 2 heterocycles. The van der Waals surface area contributed by atoms with E-state index in [1.54, 1.807) is 18.2 Å². The summed E-state index contributed by atoms with van der Waals surface area (Å²) in [5.74, 6) is 0.558.